The smallest absolute Gasteiger partial charge is 0.251 e. The van der Waals surface area contributed by atoms with Gasteiger partial charge in [-0.2, -0.15) is 0 Å². The summed E-state index contributed by atoms with van der Waals surface area (Å²) in [5, 5.41) is 2.88. The molecule has 0 spiro atoms. The van der Waals surface area contributed by atoms with E-state index in [0.29, 0.717) is 17.8 Å². The molecular formula is C16H18N2O2. The SMILES string of the molecule is COc1ccccc1CNC(=O)c1cccc(N)c1C. The molecule has 1 amide bonds. The van der Waals surface area contributed by atoms with Crippen molar-refractivity contribution in [3.8, 4) is 5.75 Å². The molecule has 104 valence electrons. The van der Waals surface area contributed by atoms with Gasteiger partial charge in [0.2, 0.25) is 0 Å². The van der Waals surface area contributed by atoms with E-state index in [0.717, 1.165) is 16.9 Å². The number of methoxy groups -OCH3 is 1. The van der Waals surface area contributed by atoms with Crippen molar-refractivity contribution >= 4 is 11.6 Å². The molecule has 0 aliphatic rings. The Bertz CT molecular complexity index is 624. The van der Waals surface area contributed by atoms with Crippen LogP contribution < -0.4 is 15.8 Å². The van der Waals surface area contributed by atoms with Crippen LogP contribution in [0.25, 0.3) is 0 Å². The van der Waals surface area contributed by atoms with Gasteiger partial charge in [-0.15, -0.1) is 0 Å². The topological polar surface area (TPSA) is 64.3 Å². The zero-order valence-corrected chi connectivity index (χ0v) is 11.6. The van der Waals surface area contributed by atoms with Gasteiger partial charge in [0.25, 0.3) is 5.91 Å². The molecule has 0 saturated carbocycles. The number of nitrogen functional groups attached to an aromatic ring is 1. The molecule has 3 N–H and O–H groups in total. The van der Waals surface area contributed by atoms with E-state index < -0.39 is 0 Å². The summed E-state index contributed by atoms with van der Waals surface area (Å²) in [6, 6.07) is 12.9. The van der Waals surface area contributed by atoms with Crippen molar-refractivity contribution < 1.29 is 9.53 Å². The zero-order valence-electron chi connectivity index (χ0n) is 11.6. The van der Waals surface area contributed by atoms with E-state index in [9.17, 15) is 4.79 Å². The lowest BCUT2D eigenvalue weighted by molar-refractivity contribution is 0.0950. The summed E-state index contributed by atoms with van der Waals surface area (Å²) in [6.45, 7) is 2.25. The normalized spacial score (nSPS) is 10.1. The molecule has 0 aliphatic heterocycles. The number of para-hydroxylation sites is 1. The first-order valence-electron chi connectivity index (χ1n) is 6.38. The Labute approximate surface area is 118 Å². The van der Waals surface area contributed by atoms with Gasteiger partial charge in [-0.05, 0) is 30.7 Å². The maximum absolute atomic E-state index is 12.2. The minimum Gasteiger partial charge on any atom is -0.496 e. The summed E-state index contributed by atoms with van der Waals surface area (Å²) >= 11 is 0. The average molecular weight is 270 g/mol. The van der Waals surface area contributed by atoms with Gasteiger partial charge in [-0.1, -0.05) is 24.3 Å². The number of anilines is 1. The van der Waals surface area contributed by atoms with Crippen molar-refractivity contribution in [2.45, 2.75) is 13.5 Å². The van der Waals surface area contributed by atoms with Crippen LogP contribution in [0.1, 0.15) is 21.5 Å². The van der Waals surface area contributed by atoms with Crippen molar-refractivity contribution in [1.29, 1.82) is 0 Å². The summed E-state index contributed by atoms with van der Waals surface area (Å²) in [7, 11) is 1.61. The fourth-order valence-electron chi connectivity index (χ4n) is 2.02. The Balaban J connectivity index is 2.11. The molecule has 2 rings (SSSR count). The van der Waals surface area contributed by atoms with Crippen LogP contribution in [0.2, 0.25) is 0 Å². The van der Waals surface area contributed by atoms with Crippen molar-refractivity contribution in [3.05, 3.63) is 59.2 Å². The molecule has 0 radical (unpaired) electrons. The Hall–Kier alpha value is -2.49. The van der Waals surface area contributed by atoms with Crippen molar-refractivity contribution in [1.82, 2.24) is 5.32 Å². The lowest BCUT2D eigenvalue weighted by atomic mass is 10.1. The number of hydrogen-bond donors (Lipinski definition) is 2. The lowest BCUT2D eigenvalue weighted by Crippen LogP contribution is -2.24. The van der Waals surface area contributed by atoms with Crippen molar-refractivity contribution in [2.24, 2.45) is 0 Å². The third kappa shape index (κ3) is 2.91. The number of hydrogen-bond acceptors (Lipinski definition) is 3. The maximum Gasteiger partial charge on any atom is 0.251 e. The Morgan fingerprint density at radius 3 is 2.70 bits per heavy atom. The van der Waals surface area contributed by atoms with E-state index in [1.807, 2.05) is 31.2 Å². The van der Waals surface area contributed by atoms with Gasteiger partial charge in [0, 0.05) is 23.4 Å². The molecule has 2 aromatic rings. The standard InChI is InChI=1S/C16H18N2O2/c1-11-13(7-5-8-14(11)17)16(19)18-10-12-6-3-4-9-15(12)20-2/h3-9H,10,17H2,1-2H3,(H,18,19). The number of nitrogens with one attached hydrogen (secondary N) is 1. The van der Waals surface area contributed by atoms with Crippen LogP contribution in [0.3, 0.4) is 0 Å². The lowest BCUT2D eigenvalue weighted by Gasteiger charge is -2.11. The highest BCUT2D eigenvalue weighted by atomic mass is 16.5. The summed E-state index contributed by atoms with van der Waals surface area (Å²) < 4.78 is 5.25. The van der Waals surface area contributed by atoms with Crippen LogP contribution in [-0.4, -0.2) is 13.0 Å². The minimum atomic E-state index is -0.138. The van der Waals surface area contributed by atoms with Gasteiger partial charge >= 0.3 is 0 Å². The van der Waals surface area contributed by atoms with E-state index in [1.54, 1.807) is 25.3 Å². The van der Waals surface area contributed by atoms with E-state index in [1.165, 1.54) is 0 Å². The molecule has 2 aromatic carbocycles. The minimum absolute atomic E-state index is 0.138. The van der Waals surface area contributed by atoms with Crippen LogP contribution >= 0.6 is 0 Å². The van der Waals surface area contributed by atoms with Crippen LogP contribution in [0.15, 0.2) is 42.5 Å². The first-order chi connectivity index (χ1) is 9.63. The van der Waals surface area contributed by atoms with Gasteiger partial charge in [0.1, 0.15) is 5.75 Å². The second-order valence-electron chi connectivity index (χ2n) is 4.51. The predicted molar refractivity (Wildman–Crippen MR) is 79.8 cm³/mol. The Morgan fingerprint density at radius 2 is 1.95 bits per heavy atom. The van der Waals surface area contributed by atoms with Crippen LogP contribution in [0, 0.1) is 6.92 Å². The van der Waals surface area contributed by atoms with Gasteiger partial charge in [0.05, 0.1) is 7.11 Å². The number of carbonyl (C=O) groups is 1. The quantitative estimate of drug-likeness (QED) is 0.839. The number of ether oxygens (including phenoxy) is 1. The third-order valence-corrected chi connectivity index (χ3v) is 3.25. The largest absolute Gasteiger partial charge is 0.496 e. The van der Waals surface area contributed by atoms with E-state index in [-0.39, 0.29) is 5.91 Å². The summed E-state index contributed by atoms with van der Waals surface area (Å²) in [5.74, 6) is 0.623. The van der Waals surface area contributed by atoms with E-state index in [2.05, 4.69) is 5.32 Å². The van der Waals surface area contributed by atoms with Crippen LogP contribution in [0.5, 0.6) is 5.75 Å². The van der Waals surface area contributed by atoms with Gasteiger partial charge in [-0.3, -0.25) is 4.79 Å². The van der Waals surface area contributed by atoms with Crippen LogP contribution in [-0.2, 0) is 6.54 Å². The van der Waals surface area contributed by atoms with Gasteiger partial charge in [-0.25, -0.2) is 0 Å². The average Bonchev–Trinajstić information content (AvgIpc) is 2.48. The summed E-state index contributed by atoms with van der Waals surface area (Å²) in [4.78, 5) is 12.2. The molecule has 0 bridgehead atoms. The molecule has 0 atom stereocenters. The molecule has 0 aliphatic carbocycles. The van der Waals surface area contributed by atoms with Crippen LogP contribution in [0.4, 0.5) is 5.69 Å². The molecule has 0 saturated heterocycles. The fraction of sp³-hybridized carbons (Fsp3) is 0.188. The monoisotopic (exact) mass is 270 g/mol. The maximum atomic E-state index is 12.2. The molecular weight excluding hydrogens is 252 g/mol. The number of benzene rings is 2. The number of carbonyl (C=O) groups excluding carboxylic acids is 1. The highest BCUT2D eigenvalue weighted by molar-refractivity contribution is 5.96. The van der Waals surface area contributed by atoms with E-state index in [4.69, 9.17) is 10.5 Å². The molecule has 0 fully saturated rings. The van der Waals surface area contributed by atoms with Crippen molar-refractivity contribution in [3.63, 3.8) is 0 Å². The highest BCUT2D eigenvalue weighted by Crippen LogP contribution is 2.18. The predicted octanol–water partition coefficient (Wildman–Crippen LogP) is 2.52. The molecule has 0 aromatic heterocycles. The zero-order chi connectivity index (χ0) is 14.5. The molecule has 20 heavy (non-hydrogen) atoms. The number of nitrogens with two attached hydrogens (primary N) is 1. The second kappa shape index (κ2) is 6.10. The molecule has 4 nitrogen and oxygen atoms in total. The van der Waals surface area contributed by atoms with E-state index >= 15 is 0 Å². The number of rotatable bonds is 4. The number of amides is 1. The molecule has 4 heteroatoms. The Kier molecular flexibility index (Phi) is 4.25. The molecule has 0 unspecified atom stereocenters. The molecule has 0 heterocycles. The fourth-order valence-corrected chi connectivity index (χ4v) is 2.02. The van der Waals surface area contributed by atoms with Gasteiger partial charge in [0.15, 0.2) is 0 Å². The first-order valence-corrected chi connectivity index (χ1v) is 6.38. The second-order valence-corrected chi connectivity index (χ2v) is 4.51. The first kappa shape index (κ1) is 13.9. The highest BCUT2D eigenvalue weighted by Gasteiger charge is 2.11. The Morgan fingerprint density at radius 1 is 1.20 bits per heavy atom. The van der Waals surface area contributed by atoms with Crippen molar-refractivity contribution in [2.75, 3.05) is 12.8 Å². The summed E-state index contributed by atoms with van der Waals surface area (Å²) in [6.07, 6.45) is 0. The summed E-state index contributed by atoms with van der Waals surface area (Å²) in [5.41, 5.74) is 8.76. The third-order valence-electron chi connectivity index (χ3n) is 3.25. The van der Waals surface area contributed by atoms with Gasteiger partial charge < -0.3 is 15.8 Å².